The molecule has 4 rings (SSSR count). The van der Waals surface area contributed by atoms with E-state index in [9.17, 15) is 9.59 Å². The van der Waals surface area contributed by atoms with Gasteiger partial charge in [0, 0.05) is 6.42 Å². The van der Waals surface area contributed by atoms with E-state index in [-0.39, 0.29) is 32.2 Å². The molecule has 0 unspecified atom stereocenters. The van der Waals surface area contributed by atoms with Gasteiger partial charge in [0.1, 0.15) is 19.3 Å². The van der Waals surface area contributed by atoms with Crippen molar-refractivity contribution in [2.45, 2.75) is 53.1 Å². The van der Waals surface area contributed by atoms with Crippen LogP contribution in [0.3, 0.4) is 0 Å². The van der Waals surface area contributed by atoms with Crippen LogP contribution < -0.4 is 15.0 Å². The molecular weight excluding hydrogens is 530 g/mol. The van der Waals surface area contributed by atoms with Crippen molar-refractivity contribution in [1.82, 2.24) is 5.48 Å². The second kappa shape index (κ2) is 15.0. The van der Waals surface area contributed by atoms with Crippen LogP contribution in [0.4, 0.5) is 0 Å². The predicted molar refractivity (Wildman–Crippen MR) is 160 cm³/mol. The molecule has 0 aliphatic rings. The Morgan fingerprint density at radius 2 is 1.21 bits per heavy atom. The van der Waals surface area contributed by atoms with Crippen molar-refractivity contribution in [3.05, 3.63) is 131 Å². The Kier molecular flexibility index (Phi) is 10.9. The number of carbonyl (C=O) groups is 2. The van der Waals surface area contributed by atoms with Crippen LogP contribution >= 0.6 is 0 Å². The van der Waals surface area contributed by atoms with Crippen molar-refractivity contribution in [3.63, 3.8) is 0 Å². The van der Waals surface area contributed by atoms with Gasteiger partial charge in [-0.25, -0.2) is 0 Å². The largest absolute Gasteiger partial charge is 0.485 e. The number of rotatable bonds is 13. The number of hydrogen-bond donors (Lipinski definition) is 1. The van der Waals surface area contributed by atoms with Gasteiger partial charge in [0.05, 0.1) is 12.0 Å². The molecule has 0 heterocycles. The summed E-state index contributed by atoms with van der Waals surface area (Å²) in [7, 11) is 0. The maximum absolute atomic E-state index is 13.2. The highest BCUT2D eigenvalue weighted by molar-refractivity contribution is 5.78. The van der Waals surface area contributed by atoms with Gasteiger partial charge in [-0.1, -0.05) is 97.1 Å². The zero-order chi connectivity index (χ0) is 29.8. The molecule has 42 heavy (non-hydrogen) atoms. The van der Waals surface area contributed by atoms with Crippen LogP contribution in [-0.4, -0.2) is 18.0 Å². The lowest BCUT2D eigenvalue weighted by Gasteiger charge is -2.20. The Labute approximate surface area is 247 Å². The molecule has 0 spiro atoms. The highest BCUT2D eigenvalue weighted by Crippen LogP contribution is 2.32. The van der Waals surface area contributed by atoms with Crippen LogP contribution in [0.25, 0.3) is 0 Å². The minimum Gasteiger partial charge on any atom is -0.485 e. The van der Waals surface area contributed by atoms with Crippen LogP contribution in [0.15, 0.2) is 109 Å². The van der Waals surface area contributed by atoms with Gasteiger partial charge < -0.3 is 14.2 Å². The average Bonchev–Trinajstić information content (AvgIpc) is 3.00. The van der Waals surface area contributed by atoms with Crippen LogP contribution in [-0.2, 0) is 45.4 Å². The molecule has 7 nitrogen and oxygen atoms in total. The summed E-state index contributed by atoms with van der Waals surface area (Å²) in [4.78, 5) is 31.6. The molecule has 218 valence electrons. The van der Waals surface area contributed by atoms with E-state index in [0.717, 1.165) is 22.3 Å². The first-order valence-corrected chi connectivity index (χ1v) is 13.9. The Morgan fingerprint density at radius 1 is 0.667 bits per heavy atom. The molecule has 0 amide bonds. The van der Waals surface area contributed by atoms with E-state index in [1.807, 2.05) is 91.0 Å². The summed E-state index contributed by atoms with van der Waals surface area (Å²) >= 11 is 0. The van der Waals surface area contributed by atoms with Crippen molar-refractivity contribution in [1.29, 1.82) is 0 Å². The summed E-state index contributed by atoms with van der Waals surface area (Å²) in [5.74, 6) is -0.123. The summed E-state index contributed by atoms with van der Waals surface area (Å²) < 4.78 is 17.5. The lowest BCUT2D eigenvalue weighted by Crippen LogP contribution is -2.39. The zero-order valence-electron chi connectivity index (χ0n) is 24.2. The number of nitrogens with one attached hydrogen (secondary N) is 1. The molecular formula is C35H37NO6. The second-order valence-electron chi connectivity index (χ2n) is 10.9. The third-order valence-electron chi connectivity index (χ3n) is 6.32. The fourth-order valence-electron chi connectivity index (χ4n) is 3.90. The molecule has 0 aliphatic heterocycles. The van der Waals surface area contributed by atoms with E-state index in [4.69, 9.17) is 19.0 Å². The van der Waals surface area contributed by atoms with Crippen molar-refractivity contribution in [2.75, 3.05) is 0 Å². The molecule has 0 saturated carbocycles. The highest BCUT2D eigenvalue weighted by Gasteiger charge is 2.26. The second-order valence-corrected chi connectivity index (χ2v) is 10.9. The number of esters is 2. The first-order chi connectivity index (χ1) is 20.3. The maximum Gasteiger partial charge on any atom is 0.326 e. The summed E-state index contributed by atoms with van der Waals surface area (Å²) in [6, 6.07) is 33.4. The van der Waals surface area contributed by atoms with Crippen molar-refractivity contribution in [2.24, 2.45) is 5.41 Å². The maximum atomic E-state index is 13.2. The van der Waals surface area contributed by atoms with Gasteiger partial charge in [0.15, 0.2) is 11.5 Å². The van der Waals surface area contributed by atoms with Crippen LogP contribution in [0.1, 0.15) is 43.0 Å². The molecule has 0 bridgehead atoms. The average molecular weight is 568 g/mol. The molecule has 4 aromatic carbocycles. The molecule has 0 aliphatic carbocycles. The zero-order valence-corrected chi connectivity index (χ0v) is 24.2. The SMILES string of the molecule is CC(C)(C)C(=O)Oc1ccc(C[C@H](NOCc2ccccc2)C(=O)OCc2ccccc2)cc1OCc1ccccc1. The monoisotopic (exact) mass is 567 g/mol. The van der Waals surface area contributed by atoms with Gasteiger partial charge in [0.25, 0.3) is 0 Å². The van der Waals surface area contributed by atoms with Gasteiger partial charge in [-0.05, 0) is 55.2 Å². The molecule has 1 atom stereocenters. The smallest absolute Gasteiger partial charge is 0.326 e. The summed E-state index contributed by atoms with van der Waals surface area (Å²) in [6.07, 6.45) is 0.248. The molecule has 0 radical (unpaired) electrons. The third-order valence-corrected chi connectivity index (χ3v) is 6.32. The molecule has 7 heteroatoms. The van der Waals surface area contributed by atoms with E-state index in [0.29, 0.717) is 11.5 Å². The Hall–Kier alpha value is -4.46. The number of benzene rings is 4. The highest BCUT2D eigenvalue weighted by atomic mass is 16.6. The Morgan fingerprint density at radius 3 is 1.79 bits per heavy atom. The first kappa shape index (κ1) is 30.5. The summed E-state index contributed by atoms with van der Waals surface area (Å²) in [5.41, 5.74) is 5.79. The molecule has 0 saturated heterocycles. The number of hydrogen-bond acceptors (Lipinski definition) is 7. The summed E-state index contributed by atoms with van der Waals surface area (Å²) in [5, 5.41) is 0. The van der Waals surface area contributed by atoms with Gasteiger partial charge in [0.2, 0.25) is 0 Å². The van der Waals surface area contributed by atoms with E-state index in [1.54, 1.807) is 39.0 Å². The number of carbonyl (C=O) groups excluding carboxylic acids is 2. The fraction of sp³-hybridized carbons (Fsp3) is 0.257. The van der Waals surface area contributed by atoms with Crippen molar-refractivity contribution in [3.8, 4) is 11.5 Å². The molecule has 4 aromatic rings. The predicted octanol–water partition coefficient (Wildman–Crippen LogP) is 6.59. The lowest BCUT2D eigenvalue weighted by atomic mass is 9.97. The molecule has 1 N–H and O–H groups in total. The van der Waals surface area contributed by atoms with Gasteiger partial charge in [-0.15, -0.1) is 0 Å². The number of hydroxylamine groups is 1. The van der Waals surface area contributed by atoms with Crippen LogP contribution in [0.5, 0.6) is 11.5 Å². The van der Waals surface area contributed by atoms with Crippen LogP contribution in [0.2, 0.25) is 0 Å². The standard InChI is InChI=1S/C35H37NO6/c1-35(2,3)34(38)42-31-20-19-29(22-32(31)39-23-26-13-7-4-8-14-26)21-30(36-41-25-28-17-11-6-12-18-28)33(37)40-24-27-15-9-5-10-16-27/h4-20,22,30,36H,21,23-25H2,1-3H3/t30-/m0/s1. The minimum absolute atomic E-state index is 0.143. The van der Waals surface area contributed by atoms with E-state index in [1.165, 1.54) is 0 Å². The minimum atomic E-state index is -0.803. The Balaban J connectivity index is 1.52. The van der Waals surface area contributed by atoms with Crippen LogP contribution in [0, 0.1) is 5.41 Å². The fourth-order valence-corrected chi connectivity index (χ4v) is 3.90. The van der Waals surface area contributed by atoms with Gasteiger partial charge >= 0.3 is 11.9 Å². The van der Waals surface area contributed by atoms with E-state index < -0.39 is 17.4 Å². The lowest BCUT2D eigenvalue weighted by molar-refractivity contribution is -0.152. The molecule has 0 fully saturated rings. The third kappa shape index (κ3) is 9.58. The van der Waals surface area contributed by atoms with E-state index >= 15 is 0 Å². The normalized spacial score (nSPS) is 11.9. The van der Waals surface area contributed by atoms with Crippen molar-refractivity contribution < 1.29 is 28.6 Å². The van der Waals surface area contributed by atoms with Gasteiger partial charge in [-0.2, -0.15) is 5.48 Å². The Bertz CT molecular complexity index is 1420. The van der Waals surface area contributed by atoms with Gasteiger partial charge in [-0.3, -0.25) is 14.4 Å². The van der Waals surface area contributed by atoms with Crippen molar-refractivity contribution >= 4 is 11.9 Å². The topological polar surface area (TPSA) is 83.1 Å². The summed E-state index contributed by atoms with van der Waals surface area (Å²) in [6.45, 7) is 6.08. The number of ether oxygens (including phenoxy) is 3. The van der Waals surface area contributed by atoms with E-state index in [2.05, 4.69) is 5.48 Å². The first-order valence-electron chi connectivity index (χ1n) is 13.9. The molecule has 0 aromatic heterocycles. The quantitative estimate of drug-likeness (QED) is 0.111.